The summed E-state index contributed by atoms with van der Waals surface area (Å²) in [5.74, 6) is 2.10. The van der Waals surface area contributed by atoms with Crippen molar-refractivity contribution in [1.29, 1.82) is 0 Å². The summed E-state index contributed by atoms with van der Waals surface area (Å²) >= 11 is 1.92. The van der Waals surface area contributed by atoms with E-state index in [1.807, 2.05) is 16.7 Å². The Morgan fingerprint density at radius 2 is 2.09 bits per heavy atom. The number of nitrogens with zero attached hydrogens (tertiary/aromatic N) is 1. The van der Waals surface area contributed by atoms with Crippen molar-refractivity contribution >= 4 is 30.1 Å². The number of benzene rings is 1. The fraction of sp³-hybridized carbons (Fsp3) is 0.588. The summed E-state index contributed by atoms with van der Waals surface area (Å²) in [7, 11) is 0. The van der Waals surface area contributed by atoms with E-state index in [4.69, 9.17) is 10.5 Å². The summed E-state index contributed by atoms with van der Waals surface area (Å²) in [4.78, 5) is 14.9. The number of hydrogen-bond acceptors (Lipinski definition) is 4. The lowest BCUT2D eigenvalue weighted by Crippen LogP contribution is -2.46. The second-order valence-corrected chi connectivity index (χ2v) is 7.24. The molecule has 0 bridgehead atoms. The number of carbonyl (C=O) groups is 1. The molecule has 2 aliphatic heterocycles. The average molecular weight is 357 g/mol. The first-order chi connectivity index (χ1) is 10.7. The molecule has 1 amide bonds. The molecular weight excluding hydrogens is 332 g/mol. The number of hydrogen-bond donors (Lipinski definition) is 1. The Balaban J connectivity index is 0.00000192. The predicted octanol–water partition coefficient (Wildman–Crippen LogP) is 2.54. The van der Waals surface area contributed by atoms with Crippen LogP contribution < -0.4 is 5.73 Å². The van der Waals surface area contributed by atoms with Crippen LogP contribution in [0.25, 0.3) is 0 Å². The molecule has 6 heteroatoms. The molecule has 2 N–H and O–H groups in total. The fourth-order valence-electron chi connectivity index (χ4n) is 3.18. The van der Waals surface area contributed by atoms with E-state index in [1.165, 1.54) is 11.1 Å². The van der Waals surface area contributed by atoms with Crippen LogP contribution in [0.4, 0.5) is 0 Å². The number of halogens is 1. The Morgan fingerprint density at radius 1 is 1.35 bits per heavy atom. The molecule has 0 aromatic heterocycles. The van der Waals surface area contributed by atoms with Crippen molar-refractivity contribution in [2.45, 2.75) is 38.0 Å². The summed E-state index contributed by atoms with van der Waals surface area (Å²) in [5, 5.41) is 0. The number of aryl methyl sites for hydroxylation is 1. The summed E-state index contributed by atoms with van der Waals surface area (Å²) in [6, 6.07) is 8.68. The summed E-state index contributed by atoms with van der Waals surface area (Å²) in [6.07, 6.45) is 1.44. The van der Waals surface area contributed by atoms with Gasteiger partial charge >= 0.3 is 0 Å². The van der Waals surface area contributed by atoms with E-state index in [2.05, 4.69) is 31.2 Å². The summed E-state index contributed by atoms with van der Waals surface area (Å²) in [6.45, 7) is 3.39. The maximum Gasteiger partial charge on any atom is 0.252 e. The molecule has 3 rings (SSSR count). The number of nitrogens with two attached hydrogens (primary N) is 1. The van der Waals surface area contributed by atoms with Gasteiger partial charge in [0, 0.05) is 24.6 Å². The van der Waals surface area contributed by atoms with Gasteiger partial charge in [-0.2, -0.15) is 11.8 Å². The lowest BCUT2D eigenvalue weighted by molar-refractivity contribution is -0.144. The van der Waals surface area contributed by atoms with E-state index >= 15 is 0 Å². The molecule has 1 aromatic rings. The molecule has 2 saturated heterocycles. The maximum absolute atomic E-state index is 12.9. The van der Waals surface area contributed by atoms with Crippen molar-refractivity contribution in [3.63, 3.8) is 0 Å². The van der Waals surface area contributed by atoms with Gasteiger partial charge in [0.15, 0.2) is 0 Å². The highest BCUT2D eigenvalue weighted by molar-refractivity contribution is 7.99. The minimum Gasteiger partial charge on any atom is -0.364 e. The third kappa shape index (κ3) is 4.21. The van der Waals surface area contributed by atoms with E-state index in [0.717, 1.165) is 30.9 Å². The summed E-state index contributed by atoms with van der Waals surface area (Å²) < 4.78 is 5.81. The zero-order valence-electron chi connectivity index (χ0n) is 13.4. The van der Waals surface area contributed by atoms with Crippen molar-refractivity contribution in [1.82, 2.24) is 4.90 Å². The van der Waals surface area contributed by atoms with Crippen LogP contribution in [0, 0.1) is 6.92 Å². The number of ether oxygens (including phenoxy) is 1. The van der Waals surface area contributed by atoms with E-state index in [-0.39, 0.29) is 36.6 Å². The largest absolute Gasteiger partial charge is 0.364 e. The molecule has 4 nitrogen and oxygen atoms in total. The Kier molecular flexibility index (Phi) is 6.77. The average Bonchev–Trinajstić information content (AvgIpc) is 3.04. The highest BCUT2D eigenvalue weighted by Gasteiger charge is 2.37. The molecule has 0 spiro atoms. The van der Waals surface area contributed by atoms with Crippen LogP contribution in [0.1, 0.15) is 30.0 Å². The normalized spacial score (nSPS) is 27.6. The van der Waals surface area contributed by atoms with Gasteiger partial charge in [0.05, 0.1) is 12.1 Å². The third-order valence-corrected chi connectivity index (χ3v) is 5.54. The Hall–Kier alpha value is -0.750. The van der Waals surface area contributed by atoms with Crippen LogP contribution in [0.5, 0.6) is 0 Å². The molecule has 0 saturated carbocycles. The van der Waals surface area contributed by atoms with Gasteiger partial charge in [0.25, 0.3) is 5.91 Å². The molecule has 2 heterocycles. The lowest BCUT2D eigenvalue weighted by atomic mass is 10.0. The highest BCUT2D eigenvalue weighted by Crippen LogP contribution is 2.32. The Labute approximate surface area is 148 Å². The van der Waals surface area contributed by atoms with Gasteiger partial charge in [-0.25, -0.2) is 0 Å². The highest BCUT2D eigenvalue weighted by atomic mass is 35.5. The topological polar surface area (TPSA) is 55.6 Å². The van der Waals surface area contributed by atoms with Gasteiger partial charge in [-0.1, -0.05) is 29.8 Å². The molecule has 1 aromatic carbocycles. The van der Waals surface area contributed by atoms with Crippen LogP contribution in [-0.2, 0) is 9.53 Å². The lowest BCUT2D eigenvalue weighted by Gasteiger charge is -2.37. The van der Waals surface area contributed by atoms with Crippen LogP contribution in [0.2, 0.25) is 0 Å². The minimum atomic E-state index is -0.301. The number of thioether (sulfide) groups is 1. The Bertz CT molecular complexity index is 526. The fourth-order valence-corrected chi connectivity index (χ4v) is 4.27. The smallest absolute Gasteiger partial charge is 0.252 e. The zero-order chi connectivity index (χ0) is 15.5. The molecule has 128 valence electrons. The van der Waals surface area contributed by atoms with E-state index in [9.17, 15) is 4.79 Å². The standard InChI is InChI=1S/C17H24N2O2S.ClH/c1-12-2-4-13(5-3-12)15-11-22-9-8-19(15)17(20)16-7-6-14(10-18)21-16;/h2-5,14-16H,6-11,18H2,1H3;1H/t14-,15?,16+;/m1./s1. The first-order valence-corrected chi connectivity index (χ1v) is 9.15. The Morgan fingerprint density at radius 3 is 2.74 bits per heavy atom. The van der Waals surface area contributed by atoms with Crippen molar-refractivity contribution in [2.24, 2.45) is 5.73 Å². The van der Waals surface area contributed by atoms with E-state index < -0.39 is 0 Å². The zero-order valence-corrected chi connectivity index (χ0v) is 15.1. The van der Waals surface area contributed by atoms with E-state index in [1.54, 1.807) is 0 Å². The first-order valence-electron chi connectivity index (χ1n) is 7.99. The molecular formula is C17H25ClN2O2S. The minimum absolute atomic E-state index is 0. The molecule has 1 unspecified atom stereocenters. The van der Waals surface area contributed by atoms with Crippen LogP contribution in [0.15, 0.2) is 24.3 Å². The molecule has 2 fully saturated rings. The molecule has 23 heavy (non-hydrogen) atoms. The van der Waals surface area contributed by atoms with Gasteiger partial charge in [0.1, 0.15) is 6.10 Å². The van der Waals surface area contributed by atoms with Crippen molar-refractivity contribution < 1.29 is 9.53 Å². The maximum atomic E-state index is 12.9. The van der Waals surface area contributed by atoms with Gasteiger partial charge in [-0.05, 0) is 25.3 Å². The number of carbonyl (C=O) groups excluding carboxylic acids is 1. The molecule has 0 radical (unpaired) electrons. The van der Waals surface area contributed by atoms with Gasteiger partial charge < -0.3 is 15.4 Å². The molecule has 0 aliphatic carbocycles. The quantitative estimate of drug-likeness (QED) is 0.904. The second kappa shape index (κ2) is 8.38. The van der Waals surface area contributed by atoms with Crippen molar-refractivity contribution in [2.75, 3.05) is 24.6 Å². The summed E-state index contributed by atoms with van der Waals surface area (Å²) in [5.41, 5.74) is 8.12. The SMILES string of the molecule is Cc1ccc(C2CSCCN2C(=O)[C@@H]2CC[C@H](CN)O2)cc1.Cl. The number of rotatable bonds is 3. The van der Waals surface area contributed by atoms with Gasteiger partial charge in [-0.3, -0.25) is 4.79 Å². The van der Waals surface area contributed by atoms with Gasteiger partial charge in [0.2, 0.25) is 0 Å². The first kappa shape index (κ1) is 18.6. The van der Waals surface area contributed by atoms with Gasteiger partial charge in [-0.15, -0.1) is 12.4 Å². The molecule has 3 atom stereocenters. The van der Waals surface area contributed by atoms with Crippen molar-refractivity contribution in [3.8, 4) is 0 Å². The predicted molar refractivity (Wildman–Crippen MR) is 97.2 cm³/mol. The van der Waals surface area contributed by atoms with Crippen LogP contribution in [-0.4, -0.2) is 47.6 Å². The number of amides is 1. The third-order valence-electron chi connectivity index (χ3n) is 4.52. The monoisotopic (exact) mass is 356 g/mol. The van der Waals surface area contributed by atoms with Crippen molar-refractivity contribution in [3.05, 3.63) is 35.4 Å². The second-order valence-electron chi connectivity index (χ2n) is 6.09. The molecule has 2 aliphatic rings. The van der Waals surface area contributed by atoms with Crippen LogP contribution in [0.3, 0.4) is 0 Å². The van der Waals surface area contributed by atoms with E-state index in [0.29, 0.717) is 6.54 Å². The van der Waals surface area contributed by atoms with Crippen LogP contribution >= 0.6 is 24.2 Å².